The number of ether oxygens (including phenoxy) is 1. The topological polar surface area (TPSA) is 33.4 Å². The molecular formula is C9H13BrN2O2. The number of hydrogen-bond acceptors (Lipinski definition) is 2. The van der Waals surface area contributed by atoms with Crippen LogP contribution >= 0.6 is 0 Å². The summed E-state index contributed by atoms with van der Waals surface area (Å²) in [5.74, 6) is 0.545. The van der Waals surface area contributed by atoms with Crippen molar-refractivity contribution in [2.75, 3.05) is 14.1 Å². The minimum Gasteiger partial charge on any atom is -1.00 e. The number of rotatable bonds is 1. The molecule has 78 valence electrons. The molecule has 0 aromatic carbocycles. The maximum Gasteiger partial charge on any atom is 0.414 e. The van der Waals surface area contributed by atoms with Crippen molar-refractivity contribution in [3.63, 3.8) is 0 Å². The van der Waals surface area contributed by atoms with Crippen molar-refractivity contribution in [3.8, 4) is 5.75 Å². The van der Waals surface area contributed by atoms with Gasteiger partial charge in [-0.05, 0) is 6.07 Å². The Morgan fingerprint density at radius 2 is 2.14 bits per heavy atom. The molecule has 1 aromatic rings. The minimum atomic E-state index is -0.369. The number of aryl methyl sites for hydroxylation is 1. The van der Waals surface area contributed by atoms with Gasteiger partial charge in [-0.15, -0.1) is 0 Å². The average Bonchev–Trinajstić information content (AvgIpc) is 2.04. The molecule has 1 heterocycles. The van der Waals surface area contributed by atoms with Crippen LogP contribution in [-0.4, -0.2) is 25.1 Å². The van der Waals surface area contributed by atoms with Gasteiger partial charge in [0.25, 0.3) is 0 Å². The molecule has 0 aliphatic rings. The van der Waals surface area contributed by atoms with Gasteiger partial charge in [0, 0.05) is 20.2 Å². The van der Waals surface area contributed by atoms with Crippen LogP contribution in [0.1, 0.15) is 0 Å². The van der Waals surface area contributed by atoms with Gasteiger partial charge in [0.1, 0.15) is 7.05 Å². The summed E-state index contributed by atoms with van der Waals surface area (Å²) in [4.78, 5) is 12.5. The standard InChI is InChI=1S/C9H13N2O2.BrH/c1-10(2)9(12)13-8-5-4-6-11(3)7-8;/h4-7H,1-3H3;1H/q+1;/p-1. The molecule has 0 saturated carbocycles. The van der Waals surface area contributed by atoms with E-state index in [9.17, 15) is 4.79 Å². The van der Waals surface area contributed by atoms with Crippen LogP contribution in [0.4, 0.5) is 4.79 Å². The monoisotopic (exact) mass is 260 g/mol. The maximum atomic E-state index is 11.1. The average molecular weight is 261 g/mol. The summed E-state index contributed by atoms with van der Waals surface area (Å²) >= 11 is 0. The molecule has 1 rings (SSSR count). The number of halogens is 1. The Balaban J connectivity index is 0.00000169. The van der Waals surface area contributed by atoms with E-state index in [0.29, 0.717) is 5.75 Å². The second-order valence-electron chi connectivity index (χ2n) is 2.97. The highest BCUT2D eigenvalue weighted by molar-refractivity contribution is 5.69. The second-order valence-corrected chi connectivity index (χ2v) is 2.97. The summed E-state index contributed by atoms with van der Waals surface area (Å²) in [5.41, 5.74) is 0. The van der Waals surface area contributed by atoms with E-state index in [1.54, 1.807) is 26.4 Å². The van der Waals surface area contributed by atoms with Gasteiger partial charge in [-0.3, -0.25) is 0 Å². The third-order valence-electron chi connectivity index (χ3n) is 1.48. The number of aromatic nitrogens is 1. The molecule has 1 aromatic heterocycles. The Morgan fingerprint density at radius 3 is 2.64 bits per heavy atom. The molecule has 0 N–H and O–H groups in total. The highest BCUT2D eigenvalue weighted by Gasteiger charge is 2.08. The van der Waals surface area contributed by atoms with E-state index in [-0.39, 0.29) is 23.1 Å². The van der Waals surface area contributed by atoms with Crippen LogP contribution in [0.2, 0.25) is 0 Å². The van der Waals surface area contributed by atoms with Crippen LogP contribution in [-0.2, 0) is 7.05 Å². The molecule has 1 amide bonds. The Morgan fingerprint density at radius 1 is 1.50 bits per heavy atom. The molecule has 0 radical (unpaired) electrons. The van der Waals surface area contributed by atoms with Crippen LogP contribution in [0.5, 0.6) is 5.75 Å². The van der Waals surface area contributed by atoms with Gasteiger partial charge < -0.3 is 26.6 Å². The Bertz CT molecular complexity index is 315. The Labute approximate surface area is 93.9 Å². The Hall–Kier alpha value is -1.10. The van der Waals surface area contributed by atoms with Crippen molar-refractivity contribution in [1.29, 1.82) is 0 Å². The van der Waals surface area contributed by atoms with Crippen LogP contribution in [0.25, 0.3) is 0 Å². The fourth-order valence-electron chi connectivity index (χ4n) is 0.813. The van der Waals surface area contributed by atoms with Gasteiger partial charge in [0.15, 0.2) is 11.9 Å². The largest absolute Gasteiger partial charge is 1.00 e. The van der Waals surface area contributed by atoms with Gasteiger partial charge >= 0.3 is 6.09 Å². The van der Waals surface area contributed by atoms with Crippen molar-refractivity contribution in [1.82, 2.24) is 4.90 Å². The molecule has 0 atom stereocenters. The van der Waals surface area contributed by atoms with Crippen molar-refractivity contribution in [2.24, 2.45) is 7.05 Å². The first-order chi connectivity index (χ1) is 6.09. The first-order valence-electron chi connectivity index (χ1n) is 3.94. The van der Waals surface area contributed by atoms with Crippen molar-refractivity contribution in [3.05, 3.63) is 24.5 Å². The zero-order valence-corrected chi connectivity index (χ0v) is 9.98. The summed E-state index contributed by atoms with van der Waals surface area (Å²) in [5, 5.41) is 0. The third kappa shape index (κ3) is 3.74. The molecule has 5 heteroatoms. The summed E-state index contributed by atoms with van der Waals surface area (Å²) < 4.78 is 6.84. The number of hydrogen-bond donors (Lipinski definition) is 0. The van der Waals surface area contributed by atoms with Crippen molar-refractivity contribution >= 4 is 6.09 Å². The lowest BCUT2D eigenvalue weighted by Gasteiger charge is -2.09. The highest BCUT2D eigenvalue weighted by atomic mass is 79.9. The summed E-state index contributed by atoms with van der Waals surface area (Å²) in [6.45, 7) is 0. The smallest absolute Gasteiger partial charge is 0.414 e. The fraction of sp³-hybridized carbons (Fsp3) is 0.333. The number of amides is 1. The van der Waals surface area contributed by atoms with E-state index in [2.05, 4.69) is 0 Å². The summed E-state index contributed by atoms with van der Waals surface area (Å²) in [6, 6.07) is 3.56. The molecule has 0 aliphatic heterocycles. The van der Waals surface area contributed by atoms with Crippen molar-refractivity contribution < 1.29 is 31.1 Å². The molecule has 4 nitrogen and oxygen atoms in total. The van der Waals surface area contributed by atoms with E-state index in [0.717, 1.165) is 0 Å². The zero-order valence-electron chi connectivity index (χ0n) is 8.40. The SMILES string of the molecule is CN(C)C(=O)Oc1ccc[n+](C)c1.[Br-]. The predicted octanol–water partition coefficient (Wildman–Crippen LogP) is -2.42. The van der Waals surface area contributed by atoms with Gasteiger partial charge in [0.2, 0.25) is 6.20 Å². The number of nitrogens with zero attached hydrogens (tertiary/aromatic N) is 2. The minimum absolute atomic E-state index is 0. The molecule has 0 aliphatic carbocycles. The molecule has 0 unspecified atom stereocenters. The second kappa shape index (κ2) is 5.59. The number of carbonyl (C=O) groups is 1. The number of carbonyl (C=O) groups excluding carboxylic acids is 1. The maximum absolute atomic E-state index is 11.1. The van der Waals surface area contributed by atoms with Crippen molar-refractivity contribution in [2.45, 2.75) is 0 Å². The van der Waals surface area contributed by atoms with Crippen LogP contribution in [0.15, 0.2) is 24.5 Å². The first-order valence-corrected chi connectivity index (χ1v) is 3.94. The Kier molecular flexibility index (Phi) is 5.15. The first kappa shape index (κ1) is 12.9. The molecule has 0 fully saturated rings. The van der Waals surface area contributed by atoms with Crippen LogP contribution < -0.4 is 26.3 Å². The summed E-state index contributed by atoms with van der Waals surface area (Å²) in [7, 11) is 5.16. The third-order valence-corrected chi connectivity index (χ3v) is 1.48. The molecule has 0 bridgehead atoms. The van der Waals surface area contributed by atoms with Gasteiger partial charge in [-0.1, -0.05) is 0 Å². The van der Waals surface area contributed by atoms with E-state index >= 15 is 0 Å². The summed E-state index contributed by atoms with van der Waals surface area (Å²) in [6.07, 6.45) is 3.24. The van der Waals surface area contributed by atoms with E-state index in [1.807, 2.05) is 23.9 Å². The molecule has 0 spiro atoms. The predicted molar refractivity (Wildman–Crippen MR) is 47.3 cm³/mol. The van der Waals surface area contributed by atoms with Crippen LogP contribution in [0, 0.1) is 0 Å². The van der Waals surface area contributed by atoms with E-state index in [4.69, 9.17) is 4.74 Å². The lowest BCUT2D eigenvalue weighted by atomic mass is 10.4. The zero-order chi connectivity index (χ0) is 9.84. The normalized spacial score (nSPS) is 8.79. The lowest BCUT2D eigenvalue weighted by molar-refractivity contribution is -0.671. The van der Waals surface area contributed by atoms with Gasteiger partial charge in [0.05, 0.1) is 0 Å². The van der Waals surface area contributed by atoms with E-state index in [1.165, 1.54) is 4.90 Å². The molecule has 14 heavy (non-hydrogen) atoms. The highest BCUT2D eigenvalue weighted by Crippen LogP contribution is 2.05. The lowest BCUT2D eigenvalue weighted by Crippen LogP contribution is -3.00. The quantitative estimate of drug-likeness (QED) is 0.527. The van der Waals surface area contributed by atoms with Gasteiger partial charge in [-0.25, -0.2) is 9.36 Å². The van der Waals surface area contributed by atoms with Gasteiger partial charge in [-0.2, -0.15) is 0 Å². The fourth-order valence-corrected chi connectivity index (χ4v) is 0.813. The molecule has 0 saturated heterocycles. The molecular weight excluding hydrogens is 248 g/mol. The van der Waals surface area contributed by atoms with Crippen LogP contribution in [0.3, 0.4) is 0 Å². The number of pyridine rings is 1. The van der Waals surface area contributed by atoms with E-state index < -0.39 is 0 Å².